The van der Waals surface area contributed by atoms with Crippen molar-refractivity contribution in [3.8, 4) is 0 Å². The molecule has 2 rings (SSSR count). The summed E-state index contributed by atoms with van der Waals surface area (Å²) < 4.78 is 13.6. The molecule has 1 unspecified atom stereocenters. The number of aliphatic hydroxyl groups is 1. The fraction of sp³-hybridized carbons (Fsp3) is 0.538. The number of piperidine rings is 1. The molecule has 0 aromatic heterocycles. The first-order valence-corrected chi connectivity index (χ1v) is 6.42. The van der Waals surface area contributed by atoms with Gasteiger partial charge in [0.15, 0.2) is 0 Å². The molecule has 0 radical (unpaired) electrons. The highest BCUT2D eigenvalue weighted by Crippen LogP contribution is 2.33. The number of hydrogen-bond acceptors (Lipinski definition) is 4. The minimum absolute atomic E-state index is 0.115. The highest BCUT2D eigenvalue weighted by atomic mass is 19.1. The Morgan fingerprint density at radius 3 is 3.00 bits per heavy atom. The van der Waals surface area contributed by atoms with Crippen LogP contribution in [-0.4, -0.2) is 29.7 Å². The van der Waals surface area contributed by atoms with Gasteiger partial charge in [0.1, 0.15) is 5.69 Å². The highest BCUT2D eigenvalue weighted by molar-refractivity contribution is 5.64. The van der Waals surface area contributed by atoms with Crippen molar-refractivity contribution in [3.63, 3.8) is 0 Å². The number of hydrogen-bond donors (Lipinski definition) is 1. The van der Waals surface area contributed by atoms with Gasteiger partial charge in [0, 0.05) is 19.7 Å². The van der Waals surface area contributed by atoms with Crippen molar-refractivity contribution in [1.29, 1.82) is 0 Å². The number of halogens is 1. The first kappa shape index (κ1) is 13.7. The van der Waals surface area contributed by atoms with Crippen LogP contribution in [0.2, 0.25) is 0 Å². The topological polar surface area (TPSA) is 66.6 Å². The first-order chi connectivity index (χ1) is 9.13. The number of nitro benzene ring substituents is 1. The molecule has 1 aliphatic heterocycles. The number of para-hydroxylation sites is 1. The lowest BCUT2D eigenvalue weighted by Crippen LogP contribution is -2.36. The molecule has 19 heavy (non-hydrogen) atoms. The summed E-state index contributed by atoms with van der Waals surface area (Å²) in [6.45, 7) is 1.43. The number of nitrogens with zero attached hydrogens (tertiary/aromatic N) is 2. The van der Waals surface area contributed by atoms with Crippen LogP contribution in [0.15, 0.2) is 18.2 Å². The molecule has 1 aromatic rings. The van der Waals surface area contributed by atoms with Gasteiger partial charge in [0.2, 0.25) is 5.82 Å². The minimum atomic E-state index is -0.799. The maximum absolute atomic E-state index is 13.6. The summed E-state index contributed by atoms with van der Waals surface area (Å²) in [7, 11) is 0. The number of anilines is 1. The van der Waals surface area contributed by atoms with Gasteiger partial charge in [-0.05, 0) is 37.3 Å². The molecule has 1 atom stereocenters. The van der Waals surface area contributed by atoms with E-state index < -0.39 is 16.4 Å². The number of rotatable bonds is 4. The second kappa shape index (κ2) is 5.97. The third-order valence-corrected chi connectivity index (χ3v) is 3.55. The van der Waals surface area contributed by atoms with Crippen LogP contribution in [0.25, 0.3) is 0 Å². The van der Waals surface area contributed by atoms with Gasteiger partial charge in [0.05, 0.1) is 4.92 Å². The van der Waals surface area contributed by atoms with Gasteiger partial charge in [-0.3, -0.25) is 10.1 Å². The molecule has 104 valence electrons. The van der Waals surface area contributed by atoms with E-state index in [1.807, 2.05) is 4.90 Å². The monoisotopic (exact) mass is 268 g/mol. The molecule has 0 aliphatic carbocycles. The van der Waals surface area contributed by atoms with Crippen molar-refractivity contribution >= 4 is 11.4 Å². The van der Waals surface area contributed by atoms with Crippen molar-refractivity contribution in [2.24, 2.45) is 5.92 Å². The van der Waals surface area contributed by atoms with Crippen molar-refractivity contribution in [2.75, 3.05) is 24.6 Å². The molecule has 1 N–H and O–H groups in total. The Bertz CT molecular complexity index is 465. The molecule has 1 aliphatic rings. The van der Waals surface area contributed by atoms with Crippen LogP contribution >= 0.6 is 0 Å². The fourth-order valence-corrected chi connectivity index (χ4v) is 2.64. The van der Waals surface area contributed by atoms with E-state index >= 15 is 0 Å². The Morgan fingerprint density at radius 1 is 1.53 bits per heavy atom. The Hall–Kier alpha value is -1.69. The Morgan fingerprint density at radius 2 is 2.32 bits per heavy atom. The summed E-state index contributed by atoms with van der Waals surface area (Å²) in [5.74, 6) is -0.492. The van der Waals surface area contributed by atoms with E-state index in [9.17, 15) is 14.5 Å². The zero-order valence-electron chi connectivity index (χ0n) is 10.6. The zero-order chi connectivity index (χ0) is 13.8. The van der Waals surface area contributed by atoms with Crippen LogP contribution in [0, 0.1) is 21.8 Å². The van der Waals surface area contributed by atoms with Crippen LogP contribution in [0.4, 0.5) is 15.8 Å². The molecule has 0 bridgehead atoms. The van der Waals surface area contributed by atoms with Crippen molar-refractivity contribution in [2.45, 2.75) is 19.3 Å². The van der Waals surface area contributed by atoms with Gasteiger partial charge in [0.25, 0.3) is 0 Å². The minimum Gasteiger partial charge on any atom is -0.396 e. The average Bonchev–Trinajstić information content (AvgIpc) is 2.38. The Labute approximate surface area is 110 Å². The molecule has 0 saturated carbocycles. The molecule has 1 fully saturated rings. The van der Waals surface area contributed by atoms with E-state index in [-0.39, 0.29) is 6.61 Å². The van der Waals surface area contributed by atoms with Crippen molar-refractivity contribution in [3.05, 3.63) is 34.1 Å². The van der Waals surface area contributed by atoms with Crippen LogP contribution < -0.4 is 4.90 Å². The Kier molecular flexibility index (Phi) is 4.31. The molecule has 5 nitrogen and oxygen atoms in total. The van der Waals surface area contributed by atoms with Crippen molar-refractivity contribution in [1.82, 2.24) is 0 Å². The summed E-state index contributed by atoms with van der Waals surface area (Å²) in [6.07, 6.45) is 2.58. The summed E-state index contributed by atoms with van der Waals surface area (Å²) in [6, 6.07) is 4.19. The standard InChI is InChI=1S/C13H17FN2O3/c14-11-4-1-5-12(13(11)16(18)19)15-7-2-3-10(9-15)6-8-17/h1,4-5,10,17H,2-3,6-9H2. The molecule has 0 amide bonds. The molecule has 6 heteroatoms. The second-order valence-electron chi connectivity index (χ2n) is 4.83. The lowest BCUT2D eigenvalue weighted by atomic mass is 9.94. The van der Waals surface area contributed by atoms with Crippen LogP contribution in [-0.2, 0) is 0 Å². The summed E-state index contributed by atoms with van der Waals surface area (Å²) in [5.41, 5.74) is -0.111. The van der Waals surface area contributed by atoms with Crippen molar-refractivity contribution < 1.29 is 14.4 Å². The quantitative estimate of drug-likeness (QED) is 0.672. The highest BCUT2D eigenvalue weighted by Gasteiger charge is 2.27. The molecular formula is C13H17FN2O3. The van der Waals surface area contributed by atoms with Gasteiger partial charge in [-0.25, -0.2) is 0 Å². The van der Waals surface area contributed by atoms with Gasteiger partial charge < -0.3 is 10.0 Å². The predicted molar refractivity (Wildman–Crippen MR) is 69.7 cm³/mol. The average molecular weight is 268 g/mol. The van der Waals surface area contributed by atoms with Gasteiger partial charge in [-0.15, -0.1) is 0 Å². The smallest absolute Gasteiger partial charge is 0.327 e. The van der Waals surface area contributed by atoms with Crippen LogP contribution in [0.1, 0.15) is 19.3 Å². The lowest BCUT2D eigenvalue weighted by Gasteiger charge is -2.33. The molecule has 1 aromatic carbocycles. The number of aliphatic hydroxyl groups excluding tert-OH is 1. The summed E-state index contributed by atoms with van der Waals surface area (Å²) in [5, 5.41) is 20.0. The maximum Gasteiger partial charge on any atom is 0.327 e. The van der Waals surface area contributed by atoms with E-state index in [1.165, 1.54) is 6.07 Å². The third kappa shape index (κ3) is 3.01. The SMILES string of the molecule is O=[N+]([O-])c1c(F)cccc1N1CCCC(CCO)C1. The third-order valence-electron chi connectivity index (χ3n) is 3.55. The fourth-order valence-electron chi connectivity index (χ4n) is 2.64. The van der Waals surface area contributed by atoms with Crippen LogP contribution in [0.3, 0.4) is 0 Å². The number of benzene rings is 1. The van der Waals surface area contributed by atoms with Crippen LogP contribution in [0.5, 0.6) is 0 Å². The van der Waals surface area contributed by atoms with E-state index in [0.29, 0.717) is 31.1 Å². The molecule has 1 saturated heterocycles. The summed E-state index contributed by atoms with van der Waals surface area (Å²) >= 11 is 0. The van der Waals surface area contributed by atoms with Gasteiger partial charge in [-0.1, -0.05) is 6.07 Å². The van der Waals surface area contributed by atoms with E-state index in [1.54, 1.807) is 6.07 Å². The van der Waals surface area contributed by atoms with E-state index in [4.69, 9.17) is 5.11 Å². The predicted octanol–water partition coefficient (Wildman–Crippen LogP) is 2.33. The first-order valence-electron chi connectivity index (χ1n) is 6.42. The van der Waals surface area contributed by atoms with E-state index in [2.05, 4.69) is 0 Å². The molecule has 0 spiro atoms. The van der Waals surface area contributed by atoms with Gasteiger partial charge >= 0.3 is 5.69 Å². The lowest BCUT2D eigenvalue weighted by molar-refractivity contribution is -0.386. The van der Waals surface area contributed by atoms with E-state index in [0.717, 1.165) is 18.9 Å². The zero-order valence-corrected chi connectivity index (χ0v) is 10.6. The normalized spacial score (nSPS) is 19.5. The second-order valence-corrected chi connectivity index (χ2v) is 4.83. The number of nitro groups is 1. The van der Waals surface area contributed by atoms with Gasteiger partial charge in [-0.2, -0.15) is 4.39 Å². The summed E-state index contributed by atoms with van der Waals surface area (Å²) in [4.78, 5) is 12.2. The molecule has 1 heterocycles. The molecular weight excluding hydrogens is 251 g/mol. The maximum atomic E-state index is 13.6. The Balaban J connectivity index is 2.26. The largest absolute Gasteiger partial charge is 0.396 e.